The summed E-state index contributed by atoms with van der Waals surface area (Å²) in [6, 6.07) is 5.20. The molecule has 0 saturated heterocycles. The van der Waals surface area contributed by atoms with Crippen LogP contribution < -0.4 is 10.9 Å². The van der Waals surface area contributed by atoms with Crippen LogP contribution in [0.25, 0.3) is 10.9 Å². The Morgan fingerprint density at radius 1 is 1.36 bits per heavy atom. The largest absolute Gasteiger partial charge is 0.506 e. The first-order valence-electron chi connectivity index (χ1n) is 8.95. The maximum Gasteiger partial charge on any atom is 0.325 e. The highest BCUT2D eigenvalue weighted by atomic mass is 16.6. The SMILES string of the molecule is CC(C)(C)OC(=O)CNC(=O)c1c(O)c2ccc(C#N)c3c2n(c1=O)CCC3. The van der Waals surface area contributed by atoms with E-state index in [1.807, 2.05) is 0 Å². The van der Waals surface area contributed by atoms with E-state index in [4.69, 9.17) is 4.74 Å². The molecule has 28 heavy (non-hydrogen) atoms. The summed E-state index contributed by atoms with van der Waals surface area (Å²) in [5.74, 6) is -1.95. The van der Waals surface area contributed by atoms with Gasteiger partial charge in [0.25, 0.3) is 11.5 Å². The number of amides is 1. The van der Waals surface area contributed by atoms with Gasteiger partial charge in [-0.2, -0.15) is 5.26 Å². The number of pyridine rings is 1. The molecule has 0 bridgehead atoms. The normalized spacial score (nSPS) is 13.1. The van der Waals surface area contributed by atoms with Crippen LogP contribution in [0.1, 0.15) is 48.7 Å². The number of aromatic hydroxyl groups is 1. The summed E-state index contributed by atoms with van der Waals surface area (Å²) in [6.07, 6.45) is 1.26. The average molecular weight is 383 g/mol. The Morgan fingerprint density at radius 2 is 2.07 bits per heavy atom. The first-order valence-corrected chi connectivity index (χ1v) is 8.95. The number of ether oxygens (including phenoxy) is 1. The summed E-state index contributed by atoms with van der Waals surface area (Å²) in [5, 5.41) is 22.6. The zero-order valence-electron chi connectivity index (χ0n) is 16.0. The number of nitriles is 1. The number of esters is 1. The number of rotatable bonds is 3. The minimum Gasteiger partial charge on any atom is -0.506 e. The Balaban J connectivity index is 2.02. The number of nitrogens with zero attached hydrogens (tertiary/aromatic N) is 2. The van der Waals surface area contributed by atoms with Crippen molar-refractivity contribution >= 4 is 22.8 Å². The highest BCUT2D eigenvalue weighted by Gasteiger charge is 2.27. The molecule has 0 unspecified atom stereocenters. The van der Waals surface area contributed by atoms with Crippen molar-refractivity contribution in [3.63, 3.8) is 0 Å². The molecule has 3 rings (SSSR count). The van der Waals surface area contributed by atoms with E-state index in [9.17, 15) is 24.8 Å². The van der Waals surface area contributed by atoms with E-state index < -0.39 is 40.9 Å². The second-order valence-electron chi connectivity index (χ2n) is 7.65. The maximum absolute atomic E-state index is 12.9. The zero-order chi connectivity index (χ0) is 20.6. The van der Waals surface area contributed by atoms with E-state index in [1.165, 1.54) is 10.6 Å². The molecule has 146 valence electrons. The molecule has 1 aliphatic rings. The van der Waals surface area contributed by atoms with E-state index in [-0.39, 0.29) is 0 Å². The third-order valence-corrected chi connectivity index (χ3v) is 4.47. The summed E-state index contributed by atoms with van der Waals surface area (Å²) in [4.78, 5) is 37.2. The van der Waals surface area contributed by atoms with Gasteiger partial charge >= 0.3 is 5.97 Å². The van der Waals surface area contributed by atoms with Gasteiger partial charge in [-0.1, -0.05) is 0 Å². The van der Waals surface area contributed by atoms with Gasteiger partial charge in [-0.15, -0.1) is 0 Å². The molecule has 2 heterocycles. The van der Waals surface area contributed by atoms with Gasteiger partial charge in [0.15, 0.2) is 0 Å². The standard InChI is InChI=1S/C20H21N3O5/c1-20(2,3)28-14(24)10-22-18(26)15-17(25)13-7-6-11(9-21)12-5-4-8-23(16(12)13)19(15)27/h6-7,25H,4-5,8,10H2,1-3H3,(H,22,26). The zero-order valence-corrected chi connectivity index (χ0v) is 16.0. The van der Waals surface area contributed by atoms with Crippen molar-refractivity contribution in [1.82, 2.24) is 9.88 Å². The van der Waals surface area contributed by atoms with Crippen molar-refractivity contribution in [1.29, 1.82) is 5.26 Å². The van der Waals surface area contributed by atoms with Gasteiger partial charge in [-0.05, 0) is 51.3 Å². The lowest BCUT2D eigenvalue weighted by Crippen LogP contribution is -2.38. The molecular formula is C20H21N3O5. The van der Waals surface area contributed by atoms with E-state index in [2.05, 4.69) is 11.4 Å². The topological polar surface area (TPSA) is 121 Å². The highest BCUT2D eigenvalue weighted by Crippen LogP contribution is 2.33. The minimum absolute atomic E-state index is 0.329. The summed E-state index contributed by atoms with van der Waals surface area (Å²) >= 11 is 0. The fourth-order valence-corrected chi connectivity index (χ4v) is 3.42. The number of nitrogens with one attached hydrogen (secondary N) is 1. The summed E-state index contributed by atoms with van der Waals surface area (Å²) < 4.78 is 6.53. The number of hydrogen-bond acceptors (Lipinski definition) is 6. The molecule has 0 atom stereocenters. The second kappa shape index (κ2) is 7.00. The lowest BCUT2D eigenvalue weighted by Gasteiger charge is -2.22. The van der Waals surface area contributed by atoms with Gasteiger partial charge in [0.2, 0.25) is 0 Å². The minimum atomic E-state index is -0.851. The average Bonchev–Trinajstić information content (AvgIpc) is 2.62. The smallest absolute Gasteiger partial charge is 0.325 e. The predicted molar refractivity (Wildman–Crippen MR) is 101 cm³/mol. The second-order valence-corrected chi connectivity index (χ2v) is 7.65. The quantitative estimate of drug-likeness (QED) is 0.777. The molecule has 8 nitrogen and oxygen atoms in total. The number of carbonyl (C=O) groups excluding carboxylic acids is 2. The third kappa shape index (κ3) is 3.43. The number of aryl methyl sites for hydroxylation is 2. The fraction of sp³-hybridized carbons (Fsp3) is 0.400. The van der Waals surface area contributed by atoms with Crippen LogP contribution in [0.4, 0.5) is 0 Å². The molecular weight excluding hydrogens is 362 g/mol. The molecule has 0 aliphatic carbocycles. The Morgan fingerprint density at radius 3 is 2.71 bits per heavy atom. The number of hydrogen-bond donors (Lipinski definition) is 2. The van der Waals surface area contributed by atoms with E-state index in [0.717, 1.165) is 0 Å². The first kappa shape index (κ1) is 19.4. The van der Waals surface area contributed by atoms with Crippen LogP contribution in [0.15, 0.2) is 16.9 Å². The van der Waals surface area contributed by atoms with Gasteiger partial charge in [0.1, 0.15) is 23.5 Å². The van der Waals surface area contributed by atoms with Crippen molar-refractivity contribution in [3.05, 3.63) is 39.2 Å². The molecule has 2 aromatic rings. The van der Waals surface area contributed by atoms with E-state index in [0.29, 0.717) is 41.4 Å². The molecule has 0 saturated carbocycles. The van der Waals surface area contributed by atoms with Crippen LogP contribution in [-0.2, 0) is 22.5 Å². The van der Waals surface area contributed by atoms with Gasteiger partial charge in [-0.25, -0.2) is 0 Å². The predicted octanol–water partition coefficient (Wildman–Crippen LogP) is 1.60. The monoisotopic (exact) mass is 383 g/mol. The van der Waals surface area contributed by atoms with E-state index in [1.54, 1.807) is 26.8 Å². The van der Waals surface area contributed by atoms with Gasteiger partial charge in [0, 0.05) is 11.9 Å². The molecule has 1 aromatic heterocycles. The molecule has 0 radical (unpaired) electrons. The molecule has 0 fully saturated rings. The van der Waals surface area contributed by atoms with Gasteiger partial charge in [-0.3, -0.25) is 14.4 Å². The molecule has 1 amide bonds. The van der Waals surface area contributed by atoms with Crippen LogP contribution in [0.3, 0.4) is 0 Å². The van der Waals surface area contributed by atoms with Crippen molar-refractivity contribution in [2.24, 2.45) is 0 Å². The van der Waals surface area contributed by atoms with Crippen molar-refractivity contribution < 1.29 is 19.4 Å². The lowest BCUT2D eigenvalue weighted by atomic mass is 9.95. The first-order chi connectivity index (χ1) is 13.1. The van der Waals surface area contributed by atoms with Crippen molar-refractivity contribution in [2.75, 3.05) is 6.54 Å². The van der Waals surface area contributed by atoms with Crippen LogP contribution in [0, 0.1) is 11.3 Å². The van der Waals surface area contributed by atoms with Crippen LogP contribution >= 0.6 is 0 Å². The number of aromatic nitrogens is 1. The van der Waals surface area contributed by atoms with Crippen LogP contribution in [0.2, 0.25) is 0 Å². The van der Waals surface area contributed by atoms with E-state index >= 15 is 0 Å². The maximum atomic E-state index is 12.9. The number of carbonyl (C=O) groups is 2. The fourth-order valence-electron chi connectivity index (χ4n) is 3.42. The molecule has 1 aliphatic heterocycles. The Labute approximate surface area is 161 Å². The van der Waals surface area contributed by atoms with Crippen molar-refractivity contribution in [3.8, 4) is 11.8 Å². The van der Waals surface area contributed by atoms with Crippen LogP contribution in [0.5, 0.6) is 5.75 Å². The lowest BCUT2D eigenvalue weighted by molar-refractivity contribution is -0.153. The molecule has 2 N–H and O–H groups in total. The Bertz CT molecular complexity index is 1090. The van der Waals surface area contributed by atoms with Gasteiger partial charge in [0.05, 0.1) is 17.1 Å². The molecule has 0 spiro atoms. The third-order valence-electron chi connectivity index (χ3n) is 4.47. The Hall–Kier alpha value is -3.34. The summed E-state index contributed by atoms with van der Waals surface area (Å²) in [6.45, 7) is 5.06. The van der Waals surface area contributed by atoms with Crippen molar-refractivity contribution in [2.45, 2.75) is 45.8 Å². The van der Waals surface area contributed by atoms with Gasteiger partial charge < -0.3 is 19.7 Å². The Kier molecular flexibility index (Phi) is 4.86. The molecule has 8 heteroatoms. The summed E-state index contributed by atoms with van der Waals surface area (Å²) in [5.41, 5.74) is -0.153. The molecule has 1 aromatic carbocycles. The van der Waals surface area contributed by atoms with Crippen LogP contribution in [-0.4, -0.2) is 33.7 Å². The number of benzene rings is 1. The summed E-state index contributed by atoms with van der Waals surface area (Å²) in [7, 11) is 0. The highest BCUT2D eigenvalue weighted by molar-refractivity contribution is 6.04.